The summed E-state index contributed by atoms with van der Waals surface area (Å²) in [6.07, 6.45) is 6.23. The number of hydrogen-bond acceptors (Lipinski definition) is 6. The van der Waals surface area contributed by atoms with Crippen LogP contribution in [-0.4, -0.2) is 94.1 Å². The summed E-state index contributed by atoms with van der Waals surface area (Å²) in [6.45, 7) is 13.0. The summed E-state index contributed by atoms with van der Waals surface area (Å²) in [7, 11) is 0. The van der Waals surface area contributed by atoms with Crippen LogP contribution in [0.1, 0.15) is 45.1 Å². The standard InChI is InChI=1S/C38H48BrN3O6/c1-5-9-13-22-40(20-6-2)37(46)34-38-24-30(39)33(48-38)31(35(44)41(21-7-3)27-16-18-29(19-17-27)47-8-4)32(38)36(45)42(34)28(25-43)23-26-14-11-10-12-15-26/h6-7,10-12,14-19,28,30-34,43H,2-3,5,8-9,13,20-25H2,1,4H3/t28-,30?,31-,32+,33-,34?,38?/m1/s1. The lowest BCUT2D eigenvalue weighted by molar-refractivity contribution is -0.151. The van der Waals surface area contributed by atoms with Crippen molar-refractivity contribution >= 4 is 39.3 Å². The number of unbranched alkanes of at least 4 members (excludes halogenated alkanes) is 2. The number of alkyl halides is 1. The molecule has 0 aliphatic carbocycles. The van der Waals surface area contributed by atoms with Crippen molar-refractivity contribution in [3.05, 3.63) is 85.5 Å². The maximum Gasteiger partial charge on any atom is 0.248 e. The summed E-state index contributed by atoms with van der Waals surface area (Å²) in [4.78, 5) is 49.1. The molecular weight excluding hydrogens is 674 g/mol. The highest BCUT2D eigenvalue weighted by atomic mass is 79.9. The van der Waals surface area contributed by atoms with E-state index in [-0.39, 0.29) is 35.7 Å². The van der Waals surface area contributed by atoms with Crippen LogP contribution in [0, 0.1) is 11.8 Å². The van der Waals surface area contributed by atoms with E-state index in [9.17, 15) is 19.5 Å². The van der Waals surface area contributed by atoms with Crippen LogP contribution in [0.15, 0.2) is 79.9 Å². The zero-order valence-electron chi connectivity index (χ0n) is 28.0. The lowest BCUT2D eigenvalue weighted by Gasteiger charge is -2.39. The molecule has 3 aliphatic rings. The van der Waals surface area contributed by atoms with Crippen molar-refractivity contribution in [2.75, 3.05) is 37.7 Å². The van der Waals surface area contributed by atoms with Gasteiger partial charge in [0, 0.05) is 30.1 Å². The number of nitrogens with zero attached hydrogens (tertiary/aromatic N) is 3. The maximum absolute atomic E-state index is 14.9. The number of amides is 3. The van der Waals surface area contributed by atoms with Gasteiger partial charge in [-0.25, -0.2) is 0 Å². The number of ether oxygens (including phenoxy) is 2. The van der Waals surface area contributed by atoms with Gasteiger partial charge in [-0.3, -0.25) is 14.4 Å². The van der Waals surface area contributed by atoms with Gasteiger partial charge in [0.15, 0.2) is 0 Å². The molecule has 1 N–H and O–H groups in total. The molecule has 3 aliphatic heterocycles. The Morgan fingerprint density at radius 3 is 2.42 bits per heavy atom. The van der Waals surface area contributed by atoms with E-state index in [1.165, 1.54) is 0 Å². The van der Waals surface area contributed by atoms with Gasteiger partial charge in [-0.15, -0.1) is 13.2 Å². The van der Waals surface area contributed by atoms with Crippen LogP contribution < -0.4 is 9.64 Å². The fourth-order valence-corrected chi connectivity index (χ4v) is 8.80. The summed E-state index contributed by atoms with van der Waals surface area (Å²) < 4.78 is 12.4. The highest BCUT2D eigenvalue weighted by Gasteiger charge is 2.77. The van der Waals surface area contributed by atoms with Crippen LogP contribution in [0.3, 0.4) is 0 Å². The van der Waals surface area contributed by atoms with Gasteiger partial charge in [-0.05, 0) is 56.0 Å². The molecule has 3 fully saturated rings. The molecule has 48 heavy (non-hydrogen) atoms. The van der Waals surface area contributed by atoms with Crippen molar-refractivity contribution in [1.82, 2.24) is 9.80 Å². The Morgan fingerprint density at radius 2 is 1.79 bits per heavy atom. The molecule has 3 amide bonds. The zero-order chi connectivity index (χ0) is 34.4. The molecule has 0 saturated carbocycles. The lowest BCUT2D eigenvalue weighted by atomic mass is 9.70. The average Bonchev–Trinajstić information content (AvgIpc) is 3.69. The highest BCUT2D eigenvalue weighted by molar-refractivity contribution is 9.09. The van der Waals surface area contributed by atoms with E-state index in [4.69, 9.17) is 9.47 Å². The van der Waals surface area contributed by atoms with E-state index in [2.05, 4.69) is 36.0 Å². The largest absolute Gasteiger partial charge is 0.494 e. The van der Waals surface area contributed by atoms with E-state index in [0.717, 1.165) is 24.8 Å². The molecule has 2 bridgehead atoms. The van der Waals surface area contributed by atoms with Gasteiger partial charge in [-0.2, -0.15) is 0 Å². The van der Waals surface area contributed by atoms with Crippen molar-refractivity contribution in [2.45, 2.75) is 74.6 Å². The second-order valence-electron chi connectivity index (χ2n) is 12.9. The van der Waals surface area contributed by atoms with Gasteiger partial charge in [0.2, 0.25) is 17.7 Å². The minimum absolute atomic E-state index is 0.223. The molecule has 3 heterocycles. The summed E-state index contributed by atoms with van der Waals surface area (Å²) in [5, 5.41) is 10.8. The number of rotatable bonds is 17. The molecule has 10 heteroatoms. The van der Waals surface area contributed by atoms with Gasteiger partial charge in [0.1, 0.15) is 17.4 Å². The molecule has 2 aromatic carbocycles. The number of aliphatic hydroxyl groups excluding tert-OH is 1. The van der Waals surface area contributed by atoms with Gasteiger partial charge in [0.25, 0.3) is 0 Å². The summed E-state index contributed by atoms with van der Waals surface area (Å²) in [5.41, 5.74) is 0.326. The number of carbonyl (C=O) groups is 3. The molecule has 2 aromatic rings. The van der Waals surface area contributed by atoms with Crippen LogP contribution in [0.25, 0.3) is 0 Å². The molecule has 7 atom stereocenters. The Balaban J connectivity index is 1.57. The fourth-order valence-electron chi connectivity index (χ4n) is 7.85. The predicted octanol–water partition coefficient (Wildman–Crippen LogP) is 5.16. The number of halogens is 1. The molecular formula is C38H48BrN3O6. The third kappa shape index (κ3) is 6.71. The molecule has 3 saturated heterocycles. The zero-order valence-corrected chi connectivity index (χ0v) is 29.6. The van der Waals surface area contributed by atoms with Gasteiger partial charge in [0.05, 0.1) is 37.2 Å². The number of aliphatic hydroxyl groups is 1. The number of benzene rings is 2. The van der Waals surface area contributed by atoms with E-state index in [1.807, 2.05) is 61.5 Å². The van der Waals surface area contributed by atoms with Crippen molar-refractivity contribution in [2.24, 2.45) is 11.8 Å². The van der Waals surface area contributed by atoms with E-state index in [0.29, 0.717) is 44.0 Å². The molecule has 258 valence electrons. The lowest BCUT2D eigenvalue weighted by Crippen LogP contribution is -2.59. The number of anilines is 1. The number of hydrogen-bond donors (Lipinski definition) is 1. The first-order valence-electron chi connectivity index (χ1n) is 17.1. The van der Waals surface area contributed by atoms with Gasteiger partial charge < -0.3 is 29.3 Å². The first-order valence-corrected chi connectivity index (χ1v) is 18.0. The average molecular weight is 723 g/mol. The van der Waals surface area contributed by atoms with Crippen molar-refractivity contribution in [1.29, 1.82) is 0 Å². The van der Waals surface area contributed by atoms with Crippen molar-refractivity contribution in [3.63, 3.8) is 0 Å². The predicted molar refractivity (Wildman–Crippen MR) is 190 cm³/mol. The third-order valence-corrected chi connectivity index (χ3v) is 10.7. The first kappa shape index (κ1) is 35.8. The smallest absolute Gasteiger partial charge is 0.248 e. The van der Waals surface area contributed by atoms with Gasteiger partial charge in [-0.1, -0.05) is 78.2 Å². The summed E-state index contributed by atoms with van der Waals surface area (Å²) in [5.74, 6) is -1.91. The molecule has 1 spiro atoms. The van der Waals surface area contributed by atoms with Crippen LogP contribution in [0.4, 0.5) is 5.69 Å². The topological polar surface area (TPSA) is 99.6 Å². The quantitative estimate of drug-likeness (QED) is 0.138. The molecule has 0 radical (unpaired) electrons. The molecule has 5 rings (SSSR count). The normalized spacial score (nSPS) is 26.2. The second-order valence-corrected chi connectivity index (χ2v) is 14.1. The number of likely N-dealkylation sites (tertiary alicyclic amines) is 1. The summed E-state index contributed by atoms with van der Waals surface area (Å²) >= 11 is 3.80. The van der Waals surface area contributed by atoms with E-state index < -0.39 is 35.6 Å². The second kappa shape index (κ2) is 15.8. The Morgan fingerprint density at radius 1 is 1.08 bits per heavy atom. The molecule has 0 aromatic heterocycles. The fraction of sp³-hybridized carbons (Fsp3) is 0.500. The molecule has 3 unspecified atom stereocenters. The Bertz CT molecular complexity index is 1450. The van der Waals surface area contributed by atoms with Crippen molar-refractivity contribution in [3.8, 4) is 5.75 Å². The maximum atomic E-state index is 14.9. The van der Waals surface area contributed by atoms with Crippen molar-refractivity contribution < 1.29 is 29.0 Å². The first-order chi connectivity index (χ1) is 23.3. The Hall–Kier alpha value is -3.47. The minimum Gasteiger partial charge on any atom is -0.494 e. The van der Waals surface area contributed by atoms with Crippen LogP contribution in [0.5, 0.6) is 5.75 Å². The minimum atomic E-state index is -1.25. The van der Waals surface area contributed by atoms with Crippen LogP contribution in [-0.2, 0) is 25.5 Å². The number of fused-ring (bicyclic) bond motifs is 1. The van der Waals surface area contributed by atoms with E-state index in [1.54, 1.807) is 26.9 Å². The van der Waals surface area contributed by atoms with Crippen LogP contribution >= 0.6 is 15.9 Å². The number of carbonyl (C=O) groups excluding carboxylic acids is 3. The SMILES string of the molecule is C=CCN(CCCCC)C(=O)C1N([C@@H](CO)Cc2ccccc2)C(=O)[C@@H]2[C@@H](C(=O)N(CC=C)c3ccc(OCC)cc3)[C@@H]3OC12CC3Br. The Labute approximate surface area is 292 Å². The Kier molecular flexibility index (Phi) is 11.8. The third-order valence-electron chi connectivity index (χ3n) is 9.89. The van der Waals surface area contributed by atoms with Gasteiger partial charge >= 0.3 is 0 Å². The van der Waals surface area contributed by atoms with Crippen LogP contribution in [0.2, 0.25) is 0 Å². The monoisotopic (exact) mass is 721 g/mol. The van der Waals surface area contributed by atoms with E-state index >= 15 is 0 Å². The highest BCUT2D eigenvalue weighted by Crippen LogP contribution is 2.61. The summed E-state index contributed by atoms with van der Waals surface area (Å²) in [6, 6.07) is 15.2. The molecule has 9 nitrogen and oxygen atoms in total.